The van der Waals surface area contributed by atoms with E-state index in [1.807, 2.05) is 61.2 Å². The number of hydrogen-bond acceptors (Lipinski definition) is 4. The lowest BCUT2D eigenvalue weighted by Crippen LogP contribution is -2.39. The molecule has 1 amide bonds. The highest BCUT2D eigenvalue weighted by molar-refractivity contribution is 5.86. The van der Waals surface area contributed by atoms with Gasteiger partial charge in [-0.3, -0.25) is 18.7 Å². The molecule has 0 saturated carbocycles. The molecule has 0 bridgehead atoms. The molecular weight excluding hydrogens is 506 g/mol. The first-order valence-electron chi connectivity index (χ1n) is 13.9. The van der Waals surface area contributed by atoms with E-state index in [-0.39, 0.29) is 23.8 Å². The fraction of sp³-hybridized carbons (Fsp3) is 0.323. The molecule has 0 spiro atoms. The summed E-state index contributed by atoms with van der Waals surface area (Å²) in [7, 11) is 0. The second-order valence-corrected chi connectivity index (χ2v) is 10.3. The lowest BCUT2D eigenvalue weighted by molar-refractivity contribution is -0.134. The maximum atomic E-state index is 13.0. The predicted octanol–water partition coefficient (Wildman–Crippen LogP) is 4.42. The second-order valence-electron chi connectivity index (χ2n) is 10.3. The zero-order valence-electron chi connectivity index (χ0n) is 22.8. The summed E-state index contributed by atoms with van der Waals surface area (Å²) in [5, 5.41) is 1.23. The zero-order valence-corrected chi connectivity index (χ0v) is 22.8. The molecule has 2 aromatic carbocycles. The van der Waals surface area contributed by atoms with E-state index in [9.17, 15) is 14.4 Å². The van der Waals surface area contributed by atoms with Crippen molar-refractivity contribution in [2.45, 2.75) is 52.7 Å². The number of ether oxygens (including phenoxy) is 1. The fourth-order valence-corrected chi connectivity index (χ4v) is 5.68. The summed E-state index contributed by atoms with van der Waals surface area (Å²) in [5.74, 6) is 0.533. The average Bonchev–Trinajstić information content (AvgIpc) is 3.58. The van der Waals surface area contributed by atoms with E-state index >= 15 is 0 Å². The Balaban J connectivity index is 1.16. The minimum absolute atomic E-state index is 0.0401. The molecule has 0 radical (unpaired) electrons. The summed E-state index contributed by atoms with van der Waals surface area (Å²) in [5.41, 5.74) is 5.58. The molecule has 6 rings (SSSR count). The van der Waals surface area contributed by atoms with Crippen LogP contribution in [-0.2, 0) is 30.8 Å². The van der Waals surface area contributed by atoms with Crippen LogP contribution in [0.1, 0.15) is 37.9 Å². The Morgan fingerprint density at radius 1 is 0.950 bits per heavy atom. The van der Waals surface area contributed by atoms with Gasteiger partial charge in [0.25, 0.3) is 11.5 Å². The molecular formula is C31H33N5O4. The number of nitrogens with one attached hydrogen (secondary N) is 2. The molecule has 1 aliphatic rings. The summed E-state index contributed by atoms with van der Waals surface area (Å²) >= 11 is 0. The van der Waals surface area contributed by atoms with Crippen molar-refractivity contribution in [1.29, 1.82) is 0 Å². The Kier molecular flexibility index (Phi) is 6.79. The van der Waals surface area contributed by atoms with Crippen LogP contribution in [0.2, 0.25) is 0 Å². The number of para-hydroxylation sites is 1. The van der Waals surface area contributed by atoms with Crippen LogP contribution in [0.5, 0.6) is 5.75 Å². The van der Waals surface area contributed by atoms with E-state index in [0.29, 0.717) is 49.4 Å². The Labute approximate surface area is 231 Å². The van der Waals surface area contributed by atoms with Crippen molar-refractivity contribution in [3.8, 4) is 17.0 Å². The van der Waals surface area contributed by atoms with Crippen molar-refractivity contribution < 1.29 is 9.53 Å². The number of carbonyl (C=O) groups is 1. The van der Waals surface area contributed by atoms with Gasteiger partial charge >= 0.3 is 5.69 Å². The van der Waals surface area contributed by atoms with Gasteiger partial charge in [0.1, 0.15) is 11.3 Å². The molecule has 9 nitrogen and oxygen atoms in total. The van der Waals surface area contributed by atoms with Crippen LogP contribution < -0.4 is 16.0 Å². The Morgan fingerprint density at radius 3 is 2.48 bits per heavy atom. The van der Waals surface area contributed by atoms with E-state index in [0.717, 1.165) is 35.3 Å². The monoisotopic (exact) mass is 539 g/mol. The first kappa shape index (κ1) is 25.7. The third-order valence-corrected chi connectivity index (χ3v) is 7.67. The van der Waals surface area contributed by atoms with Gasteiger partial charge in [0, 0.05) is 41.9 Å². The number of fused-ring (bicyclic) bond motifs is 4. The van der Waals surface area contributed by atoms with Crippen molar-refractivity contribution in [1.82, 2.24) is 24.0 Å². The molecule has 40 heavy (non-hydrogen) atoms. The molecule has 0 atom stereocenters. The highest BCUT2D eigenvalue weighted by Gasteiger charge is 2.24. The van der Waals surface area contributed by atoms with Crippen molar-refractivity contribution in [2.75, 3.05) is 13.2 Å². The van der Waals surface area contributed by atoms with Gasteiger partial charge in [0.15, 0.2) is 6.61 Å². The molecule has 5 aromatic rings. The van der Waals surface area contributed by atoms with Gasteiger partial charge in [-0.05, 0) is 66.8 Å². The number of aromatic nitrogens is 4. The highest BCUT2D eigenvalue weighted by atomic mass is 16.5. The summed E-state index contributed by atoms with van der Waals surface area (Å²) < 4.78 is 8.82. The molecule has 0 fully saturated rings. The Bertz CT molecular complexity index is 1820. The topological polar surface area (TPSA) is 105 Å². The van der Waals surface area contributed by atoms with Gasteiger partial charge in [-0.1, -0.05) is 32.0 Å². The first-order valence-corrected chi connectivity index (χ1v) is 13.9. The Morgan fingerprint density at radius 2 is 1.70 bits per heavy atom. The van der Waals surface area contributed by atoms with Crippen molar-refractivity contribution in [3.63, 3.8) is 0 Å². The number of nitrogens with zero attached hydrogens (tertiary/aromatic N) is 3. The van der Waals surface area contributed by atoms with Gasteiger partial charge in [-0.25, -0.2) is 4.79 Å². The number of hydrogen-bond donors (Lipinski definition) is 2. The maximum absolute atomic E-state index is 13.0. The van der Waals surface area contributed by atoms with Crippen LogP contribution in [0.15, 0.2) is 64.2 Å². The third kappa shape index (κ3) is 4.51. The summed E-state index contributed by atoms with van der Waals surface area (Å²) in [6, 6.07) is 17.5. The van der Waals surface area contributed by atoms with E-state index in [2.05, 4.69) is 22.1 Å². The van der Waals surface area contributed by atoms with E-state index < -0.39 is 0 Å². The van der Waals surface area contributed by atoms with E-state index in [4.69, 9.17) is 4.74 Å². The minimum Gasteiger partial charge on any atom is -0.484 e. The number of amides is 1. The molecule has 9 heteroatoms. The normalized spacial score (nSPS) is 13.2. The number of benzene rings is 2. The largest absolute Gasteiger partial charge is 0.484 e. The fourth-order valence-electron chi connectivity index (χ4n) is 5.68. The van der Waals surface area contributed by atoms with Gasteiger partial charge in [-0.15, -0.1) is 0 Å². The molecule has 2 N–H and O–H groups in total. The lowest BCUT2D eigenvalue weighted by atomic mass is 10.0. The molecule has 1 aliphatic heterocycles. The van der Waals surface area contributed by atoms with Crippen LogP contribution >= 0.6 is 0 Å². The minimum atomic E-state index is -0.295. The highest BCUT2D eigenvalue weighted by Crippen LogP contribution is 2.28. The van der Waals surface area contributed by atoms with Crippen LogP contribution in [0.25, 0.3) is 33.2 Å². The van der Waals surface area contributed by atoms with Gasteiger partial charge in [0.05, 0.1) is 12.1 Å². The number of aryl methyl sites for hydroxylation is 1. The molecule has 0 unspecified atom stereocenters. The van der Waals surface area contributed by atoms with Crippen LogP contribution in [-0.4, -0.2) is 43.1 Å². The lowest BCUT2D eigenvalue weighted by Gasteiger charge is -2.27. The first-order chi connectivity index (χ1) is 19.5. The van der Waals surface area contributed by atoms with Gasteiger partial charge in [0.2, 0.25) is 0 Å². The molecule has 0 saturated heterocycles. The van der Waals surface area contributed by atoms with Gasteiger partial charge < -0.3 is 19.6 Å². The van der Waals surface area contributed by atoms with Crippen LogP contribution in [0.3, 0.4) is 0 Å². The maximum Gasteiger partial charge on any atom is 0.331 e. The summed E-state index contributed by atoms with van der Waals surface area (Å²) in [6.45, 7) is 6.06. The quantitative estimate of drug-likeness (QED) is 0.305. The van der Waals surface area contributed by atoms with E-state index in [1.54, 1.807) is 4.57 Å². The molecule has 3 aromatic heterocycles. The number of aromatic amines is 2. The smallest absolute Gasteiger partial charge is 0.331 e. The SMILES string of the molecule is CCCn1c(=O)c2[nH]c(-c3ccc(OCC(=O)N4CCc5c([nH]c6ccccc56)C4)cc3)cc2n(CCC)c1=O. The average molecular weight is 540 g/mol. The van der Waals surface area contributed by atoms with Crippen molar-refractivity contribution in [2.24, 2.45) is 0 Å². The molecule has 0 aliphatic carbocycles. The van der Waals surface area contributed by atoms with Gasteiger partial charge in [-0.2, -0.15) is 0 Å². The summed E-state index contributed by atoms with van der Waals surface area (Å²) in [6.07, 6.45) is 2.30. The second kappa shape index (κ2) is 10.6. The van der Waals surface area contributed by atoms with Crippen LogP contribution in [0, 0.1) is 0 Å². The standard InChI is InChI=1S/C31H33N5O4/c1-3-14-35-27-17-25(33-29(27)30(38)36(15-4-2)31(35)39)20-9-11-21(12-10-20)40-19-28(37)34-16-13-23-22-7-5-6-8-24(22)32-26(23)18-34/h5-12,17,32-33H,3-4,13-16,18-19H2,1-2H3. The Hall–Kier alpha value is -4.53. The molecule has 4 heterocycles. The number of rotatable bonds is 8. The third-order valence-electron chi connectivity index (χ3n) is 7.67. The summed E-state index contributed by atoms with van der Waals surface area (Å²) in [4.78, 5) is 47.5. The molecule has 206 valence electrons. The van der Waals surface area contributed by atoms with E-state index in [1.165, 1.54) is 15.5 Å². The number of carbonyl (C=O) groups excluding carboxylic acids is 1. The van der Waals surface area contributed by atoms with Crippen molar-refractivity contribution >= 4 is 27.8 Å². The van der Waals surface area contributed by atoms with Crippen LogP contribution in [0.4, 0.5) is 0 Å². The van der Waals surface area contributed by atoms with Crippen molar-refractivity contribution in [3.05, 3.63) is 86.7 Å². The predicted molar refractivity (Wildman–Crippen MR) is 156 cm³/mol. The number of H-pyrrole nitrogens is 2. The zero-order chi connectivity index (χ0) is 27.8.